The minimum atomic E-state index is 1.04. The molecule has 1 N–H and O–H groups in total. The van der Waals surface area contributed by atoms with Gasteiger partial charge < -0.3 is 9.88 Å². The molecule has 2 nitrogen and oxygen atoms in total. The molecule has 1 aromatic heterocycles. The van der Waals surface area contributed by atoms with Crippen molar-refractivity contribution in [1.82, 2.24) is 4.98 Å². The van der Waals surface area contributed by atoms with Gasteiger partial charge in [0, 0.05) is 40.6 Å². The van der Waals surface area contributed by atoms with Crippen molar-refractivity contribution in [2.75, 3.05) is 18.0 Å². The Bertz CT molecular complexity index is 678. The van der Waals surface area contributed by atoms with Crippen molar-refractivity contribution in [3.05, 3.63) is 42.5 Å². The van der Waals surface area contributed by atoms with E-state index in [1.54, 1.807) is 0 Å². The van der Waals surface area contributed by atoms with Gasteiger partial charge in [-0.05, 0) is 32.0 Å². The molecule has 0 unspecified atom stereocenters. The van der Waals surface area contributed by atoms with E-state index in [9.17, 15) is 0 Å². The number of hydrogen-bond acceptors (Lipinski definition) is 1. The van der Waals surface area contributed by atoms with Crippen LogP contribution in [0.4, 0.5) is 5.69 Å². The van der Waals surface area contributed by atoms with Gasteiger partial charge in [-0.3, -0.25) is 0 Å². The van der Waals surface area contributed by atoms with E-state index in [2.05, 4.69) is 66.2 Å². The molecule has 0 spiro atoms. The van der Waals surface area contributed by atoms with Gasteiger partial charge in [0.05, 0.1) is 0 Å². The molecule has 2 aromatic carbocycles. The minimum Gasteiger partial charge on any atom is -0.372 e. The summed E-state index contributed by atoms with van der Waals surface area (Å²) in [5.41, 5.74) is 3.77. The molecule has 0 radical (unpaired) electrons. The van der Waals surface area contributed by atoms with Gasteiger partial charge in [0.1, 0.15) is 0 Å². The molecule has 0 amide bonds. The zero-order chi connectivity index (χ0) is 16.5. The highest BCUT2D eigenvalue weighted by molar-refractivity contribution is 6.13. The Kier molecular flexibility index (Phi) is 7.51. The lowest BCUT2D eigenvalue weighted by Gasteiger charge is -2.22. The van der Waals surface area contributed by atoms with E-state index in [0.29, 0.717) is 0 Å². The van der Waals surface area contributed by atoms with Gasteiger partial charge >= 0.3 is 0 Å². The van der Waals surface area contributed by atoms with E-state index in [0.717, 1.165) is 13.1 Å². The van der Waals surface area contributed by atoms with Crippen LogP contribution >= 0.6 is 0 Å². The monoisotopic (exact) mass is 298 g/mol. The lowest BCUT2D eigenvalue weighted by atomic mass is 10.1. The zero-order valence-electron chi connectivity index (χ0n) is 14.9. The largest absolute Gasteiger partial charge is 0.372 e. The summed E-state index contributed by atoms with van der Waals surface area (Å²) < 4.78 is 0. The fourth-order valence-corrected chi connectivity index (χ4v) is 2.71. The third-order valence-electron chi connectivity index (χ3n) is 3.61. The number of aromatic amines is 1. The molecule has 0 aliphatic carbocycles. The Morgan fingerprint density at radius 1 is 0.773 bits per heavy atom. The molecule has 0 aliphatic heterocycles. The summed E-state index contributed by atoms with van der Waals surface area (Å²) in [4.78, 5) is 5.90. The number of fused-ring (bicyclic) bond motifs is 3. The zero-order valence-corrected chi connectivity index (χ0v) is 14.9. The van der Waals surface area contributed by atoms with Crippen LogP contribution in [-0.4, -0.2) is 18.1 Å². The highest BCUT2D eigenvalue weighted by Crippen LogP contribution is 2.33. The molecule has 0 aliphatic rings. The summed E-state index contributed by atoms with van der Waals surface area (Å²) in [6.07, 6.45) is 0. The van der Waals surface area contributed by atoms with E-state index in [1.807, 2.05) is 27.7 Å². The van der Waals surface area contributed by atoms with Crippen LogP contribution in [0.5, 0.6) is 0 Å². The maximum Gasteiger partial charge on any atom is 0.0485 e. The molecule has 22 heavy (non-hydrogen) atoms. The van der Waals surface area contributed by atoms with Gasteiger partial charge in [0.25, 0.3) is 0 Å². The Balaban J connectivity index is 0.000000561. The first kappa shape index (κ1) is 18.1. The van der Waals surface area contributed by atoms with Crippen molar-refractivity contribution in [1.29, 1.82) is 0 Å². The van der Waals surface area contributed by atoms with Crippen LogP contribution in [0.3, 0.4) is 0 Å². The molecule has 0 fully saturated rings. The van der Waals surface area contributed by atoms with Crippen molar-refractivity contribution >= 4 is 27.5 Å². The first-order valence-electron chi connectivity index (χ1n) is 8.59. The minimum absolute atomic E-state index is 1.04. The average Bonchev–Trinajstić information content (AvgIpc) is 2.99. The lowest BCUT2D eigenvalue weighted by molar-refractivity contribution is 0.871. The number of anilines is 1. The van der Waals surface area contributed by atoms with Gasteiger partial charge in [-0.25, -0.2) is 0 Å². The molecule has 3 rings (SSSR count). The molecular weight excluding hydrogens is 268 g/mol. The second-order valence-electron chi connectivity index (χ2n) is 4.54. The Morgan fingerprint density at radius 2 is 1.36 bits per heavy atom. The van der Waals surface area contributed by atoms with Crippen LogP contribution in [0.25, 0.3) is 21.8 Å². The third-order valence-corrected chi connectivity index (χ3v) is 3.61. The van der Waals surface area contributed by atoms with Gasteiger partial charge in [0.2, 0.25) is 0 Å². The summed E-state index contributed by atoms with van der Waals surface area (Å²) in [7, 11) is 0. The Morgan fingerprint density at radius 3 is 2.00 bits per heavy atom. The number of hydrogen-bond donors (Lipinski definition) is 1. The van der Waals surface area contributed by atoms with Crippen molar-refractivity contribution < 1.29 is 0 Å². The summed E-state index contributed by atoms with van der Waals surface area (Å²) in [5, 5.41) is 2.66. The topological polar surface area (TPSA) is 19.0 Å². The number of para-hydroxylation sites is 1. The molecule has 120 valence electrons. The van der Waals surface area contributed by atoms with Crippen molar-refractivity contribution in [2.45, 2.75) is 41.5 Å². The van der Waals surface area contributed by atoms with Crippen molar-refractivity contribution in [2.24, 2.45) is 0 Å². The molecular formula is C20H30N2. The van der Waals surface area contributed by atoms with E-state index in [4.69, 9.17) is 0 Å². The van der Waals surface area contributed by atoms with Crippen LogP contribution in [0.2, 0.25) is 0 Å². The smallest absolute Gasteiger partial charge is 0.0485 e. The standard InChI is InChI=1S/C16H18N2.2C2H6/c1-3-18(4-2)15-11-7-10-14-16(15)12-8-5-6-9-13(12)17-14;2*1-2/h5-11,17H,3-4H2,1-2H3;2*1-2H3. The van der Waals surface area contributed by atoms with E-state index >= 15 is 0 Å². The quantitative estimate of drug-likeness (QED) is 0.608. The molecule has 1 heterocycles. The highest BCUT2D eigenvalue weighted by Gasteiger charge is 2.11. The predicted molar refractivity (Wildman–Crippen MR) is 102 cm³/mol. The number of rotatable bonds is 3. The molecule has 0 bridgehead atoms. The lowest BCUT2D eigenvalue weighted by Crippen LogP contribution is -2.21. The molecule has 0 saturated heterocycles. The molecule has 3 aromatic rings. The Labute approximate surface area is 135 Å². The van der Waals surface area contributed by atoms with Gasteiger partial charge in [-0.1, -0.05) is 52.0 Å². The van der Waals surface area contributed by atoms with Crippen LogP contribution in [0.1, 0.15) is 41.5 Å². The third kappa shape index (κ3) is 3.44. The summed E-state index contributed by atoms with van der Waals surface area (Å²) in [6, 6.07) is 15.0. The van der Waals surface area contributed by atoms with Crippen LogP contribution in [0, 0.1) is 0 Å². The number of H-pyrrole nitrogens is 1. The maximum atomic E-state index is 3.49. The number of benzene rings is 2. The Hall–Kier alpha value is -1.96. The SMILES string of the molecule is CC.CC.CCN(CC)c1cccc2[nH]c3ccccc3c12. The van der Waals surface area contributed by atoms with Crippen LogP contribution in [-0.2, 0) is 0 Å². The van der Waals surface area contributed by atoms with E-state index in [-0.39, 0.29) is 0 Å². The molecule has 0 atom stereocenters. The average molecular weight is 298 g/mol. The number of nitrogens with one attached hydrogen (secondary N) is 1. The summed E-state index contributed by atoms with van der Waals surface area (Å²) >= 11 is 0. The number of nitrogens with zero attached hydrogens (tertiary/aromatic N) is 1. The maximum absolute atomic E-state index is 3.49. The van der Waals surface area contributed by atoms with Gasteiger partial charge in [0.15, 0.2) is 0 Å². The van der Waals surface area contributed by atoms with Crippen molar-refractivity contribution in [3.8, 4) is 0 Å². The van der Waals surface area contributed by atoms with Crippen molar-refractivity contribution in [3.63, 3.8) is 0 Å². The van der Waals surface area contributed by atoms with Crippen LogP contribution in [0.15, 0.2) is 42.5 Å². The van der Waals surface area contributed by atoms with E-state index < -0.39 is 0 Å². The number of aromatic nitrogens is 1. The summed E-state index contributed by atoms with van der Waals surface area (Å²) in [5.74, 6) is 0. The first-order valence-corrected chi connectivity index (χ1v) is 8.59. The normalized spacial score (nSPS) is 9.73. The fraction of sp³-hybridized carbons (Fsp3) is 0.400. The second-order valence-corrected chi connectivity index (χ2v) is 4.54. The van der Waals surface area contributed by atoms with Gasteiger partial charge in [-0.15, -0.1) is 0 Å². The summed E-state index contributed by atoms with van der Waals surface area (Å²) in [6.45, 7) is 14.5. The predicted octanol–water partition coefficient (Wildman–Crippen LogP) is 6.22. The first-order chi connectivity index (χ1) is 10.8. The molecule has 0 saturated carbocycles. The van der Waals surface area contributed by atoms with Crippen LogP contribution < -0.4 is 4.90 Å². The van der Waals surface area contributed by atoms with Gasteiger partial charge in [-0.2, -0.15) is 0 Å². The highest BCUT2D eigenvalue weighted by atomic mass is 15.1. The van der Waals surface area contributed by atoms with E-state index in [1.165, 1.54) is 27.5 Å². The molecule has 2 heteroatoms. The second kappa shape index (κ2) is 9.14. The fourth-order valence-electron chi connectivity index (χ4n) is 2.71.